The minimum atomic E-state index is -0.675. The van der Waals surface area contributed by atoms with Gasteiger partial charge in [-0.1, -0.05) is 289 Å². The Bertz CT molecular complexity index is 1110. The summed E-state index contributed by atoms with van der Waals surface area (Å²) in [4.78, 5) is 24.6. The van der Waals surface area contributed by atoms with Crippen molar-refractivity contribution in [1.82, 2.24) is 5.32 Å². The summed E-state index contributed by atoms with van der Waals surface area (Å²) < 4.78 is 5.48. The van der Waals surface area contributed by atoms with Crippen molar-refractivity contribution >= 4 is 11.9 Å². The number of hydrogen-bond donors (Lipinski definition) is 3. The third kappa shape index (κ3) is 57.5. The number of carbonyl (C=O) groups is 2. The van der Waals surface area contributed by atoms with Gasteiger partial charge in [-0.15, -0.1) is 0 Å². The van der Waals surface area contributed by atoms with Crippen molar-refractivity contribution < 1.29 is 24.5 Å². The summed E-state index contributed by atoms with van der Waals surface area (Å²) in [6.45, 7) is 4.94. The van der Waals surface area contributed by atoms with Crippen LogP contribution in [0.15, 0.2) is 24.3 Å². The van der Waals surface area contributed by atoms with Crippen molar-refractivity contribution in [2.45, 2.75) is 366 Å². The number of ether oxygens (including phenoxy) is 1. The van der Waals surface area contributed by atoms with E-state index in [-0.39, 0.29) is 18.5 Å². The molecule has 0 aromatic rings. The lowest BCUT2D eigenvalue weighted by molar-refractivity contribution is -0.143. The van der Waals surface area contributed by atoms with Crippen LogP contribution < -0.4 is 5.32 Å². The smallest absolute Gasteiger partial charge is 0.305 e. The maximum atomic E-state index is 12.5. The molecule has 2 unspecified atom stereocenters. The summed E-state index contributed by atoms with van der Waals surface area (Å²) in [5, 5.41) is 23.4. The predicted octanol–water partition coefficient (Wildman–Crippen LogP) is 20.2. The van der Waals surface area contributed by atoms with E-state index < -0.39 is 12.1 Å². The number of amides is 1. The van der Waals surface area contributed by atoms with Crippen LogP contribution >= 0.6 is 0 Å². The highest BCUT2D eigenvalue weighted by atomic mass is 16.5. The van der Waals surface area contributed by atoms with E-state index >= 15 is 0 Å². The van der Waals surface area contributed by atoms with Crippen molar-refractivity contribution in [2.24, 2.45) is 0 Å². The Labute approximate surface area is 443 Å². The summed E-state index contributed by atoms with van der Waals surface area (Å²) in [5.41, 5.74) is 0. The molecule has 0 aromatic heterocycles. The molecule has 0 bridgehead atoms. The van der Waals surface area contributed by atoms with Gasteiger partial charge in [0.15, 0.2) is 0 Å². The molecule has 0 rings (SSSR count). The van der Waals surface area contributed by atoms with Gasteiger partial charge in [0.1, 0.15) is 0 Å². The van der Waals surface area contributed by atoms with Gasteiger partial charge in [-0.2, -0.15) is 0 Å². The highest BCUT2D eigenvalue weighted by Crippen LogP contribution is 2.18. The average Bonchev–Trinajstić information content (AvgIpc) is 3.37. The summed E-state index contributed by atoms with van der Waals surface area (Å²) in [6, 6.07) is -0.554. The normalized spacial score (nSPS) is 12.7. The molecule has 6 heteroatoms. The molecular formula is C65H125NO5. The molecule has 0 aliphatic heterocycles. The zero-order chi connectivity index (χ0) is 51.4. The van der Waals surface area contributed by atoms with E-state index in [0.29, 0.717) is 25.9 Å². The molecule has 0 saturated carbocycles. The summed E-state index contributed by atoms with van der Waals surface area (Å²) in [7, 11) is 0. The lowest BCUT2D eigenvalue weighted by atomic mass is 10.0. The number of unbranched alkanes of at least 4 members (excludes halogenated alkanes) is 45. The standard InChI is InChI=1S/C65H125NO5/c1-3-5-7-9-11-13-15-17-19-21-23-25-26-29-33-37-41-45-49-53-57-63(68)62(61-67)66-64(69)58-54-50-46-42-38-34-30-28-32-36-40-44-48-52-56-60-71-65(70)59-55-51-47-43-39-35-31-27-24-22-20-18-16-14-12-10-8-6-4-2/h18,20,32,36,62-63,67-68H,3-17,19,21-31,33-35,37-61H2,1-2H3,(H,66,69)/b20-18-,36-32-. The third-order valence-electron chi connectivity index (χ3n) is 15.0. The fraction of sp³-hybridized carbons (Fsp3) is 0.908. The highest BCUT2D eigenvalue weighted by molar-refractivity contribution is 5.76. The molecular weight excluding hydrogens is 875 g/mol. The molecule has 0 aliphatic carbocycles. The zero-order valence-corrected chi connectivity index (χ0v) is 48.0. The van der Waals surface area contributed by atoms with Crippen molar-refractivity contribution in [1.29, 1.82) is 0 Å². The Kier molecular flexibility index (Phi) is 59.5. The second kappa shape index (κ2) is 60.9. The molecule has 71 heavy (non-hydrogen) atoms. The molecule has 2 atom stereocenters. The highest BCUT2D eigenvalue weighted by Gasteiger charge is 2.20. The third-order valence-corrected chi connectivity index (χ3v) is 15.0. The fourth-order valence-corrected chi connectivity index (χ4v) is 10.0. The van der Waals surface area contributed by atoms with Crippen molar-refractivity contribution in [3.05, 3.63) is 24.3 Å². The summed E-state index contributed by atoms with van der Waals surface area (Å²) in [6.07, 6.45) is 74.7. The second-order valence-corrected chi connectivity index (χ2v) is 22.1. The van der Waals surface area contributed by atoms with Gasteiger partial charge >= 0.3 is 5.97 Å². The lowest BCUT2D eigenvalue weighted by Gasteiger charge is -2.22. The quantitative estimate of drug-likeness (QED) is 0.0320. The van der Waals surface area contributed by atoms with Gasteiger partial charge in [-0.3, -0.25) is 9.59 Å². The van der Waals surface area contributed by atoms with E-state index in [1.54, 1.807) is 0 Å². The van der Waals surface area contributed by atoms with E-state index in [4.69, 9.17) is 4.74 Å². The molecule has 0 spiro atoms. The molecule has 420 valence electrons. The van der Waals surface area contributed by atoms with E-state index in [0.717, 1.165) is 70.6 Å². The maximum Gasteiger partial charge on any atom is 0.305 e. The molecule has 3 N–H and O–H groups in total. The van der Waals surface area contributed by atoms with Gasteiger partial charge in [-0.25, -0.2) is 0 Å². The van der Waals surface area contributed by atoms with Crippen LogP contribution in [-0.2, 0) is 14.3 Å². The first kappa shape index (κ1) is 69.3. The number of aliphatic hydroxyl groups excluding tert-OH is 2. The zero-order valence-electron chi connectivity index (χ0n) is 48.0. The molecule has 0 heterocycles. The minimum absolute atomic E-state index is 0.00957. The van der Waals surface area contributed by atoms with Crippen LogP contribution in [0.4, 0.5) is 0 Å². The van der Waals surface area contributed by atoms with E-state index in [2.05, 4.69) is 43.5 Å². The summed E-state index contributed by atoms with van der Waals surface area (Å²) in [5.74, 6) is -0.0565. The number of allylic oxidation sites excluding steroid dienone is 4. The summed E-state index contributed by atoms with van der Waals surface area (Å²) >= 11 is 0. The molecule has 0 saturated heterocycles. The SMILES string of the molecule is CCCCCCCC/C=C\CCCCCCCCCCCC(=O)OCCCCCC/C=C\CCCCCCCCCC(=O)NC(CO)C(O)CCCCCCCCCCCCCCCCCCCCCC. The van der Waals surface area contributed by atoms with Crippen LogP contribution in [0.2, 0.25) is 0 Å². The number of hydrogen-bond acceptors (Lipinski definition) is 5. The Hall–Kier alpha value is -1.66. The van der Waals surface area contributed by atoms with Gasteiger partial charge in [-0.05, 0) is 77.0 Å². The first-order chi connectivity index (χ1) is 35.0. The first-order valence-electron chi connectivity index (χ1n) is 32.1. The largest absolute Gasteiger partial charge is 0.466 e. The lowest BCUT2D eigenvalue weighted by Crippen LogP contribution is -2.45. The Morgan fingerprint density at radius 3 is 1.00 bits per heavy atom. The van der Waals surface area contributed by atoms with Gasteiger partial charge in [0.2, 0.25) is 5.91 Å². The van der Waals surface area contributed by atoms with E-state index in [1.165, 1.54) is 250 Å². The Balaban J connectivity index is 3.45. The van der Waals surface area contributed by atoms with Crippen molar-refractivity contribution in [3.8, 4) is 0 Å². The Morgan fingerprint density at radius 2 is 0.662 bits per heavy atom. The van der Waals surface area contributed by atoms with Crippen molar-refractivity contribution in [3.63, 3.8) is 0 Å². The van der Waals surface area contributed by atoms with Gasteiger partial charge in [0.05, 0.1) is 25.4 Å². The number of rotatable bonds is 60. The molecule has 6 nitrogen and oxygen atoms in total. The molecule has 0 aliphatic rings. The molecule has 0 radical (unpaired) electrons. The maximum absolute atomic E-state index is 12.5. The molecule has 1 amide bonds. The van der Waals surface area contributed by atoms with Crippen LogP contribution in [0.1, 0.15) is 354 Å². The van der Waals surface area contributed by atoms with Gasteiger partial charge in [0.25, 0.3) is 0 Å². The van der Waals surface area contributed by atoms with Crippen LogP contribution in [-0.4, -0.2) is 47.4 Å². The van der Waals surface area contributed by atoms with E-state index in [9.17, 15) is 19.8 Å². The number of carbonyl (C=O) groups excluding carboxylic acids is 2. The van der Waals surface area contributed by atoms with Crippen LogP contribution in [0.3, 0.4) is 0 Å². The topological polar surface area (TPSA) is 95.9 Å². The first-order valence-corrected chi connectivity index (χ1v) is 32.1. The molecule has 0 fully saturated rings. The number of nitrogens with one attached hydrogen (secondary N) is 1. The van der Waals surface area contributed by atoms with Crippen molar-refractivity contribution in [2.75, 3.05) is 13.2 Å². The van der Waals surface area contributed by atoms with E-state index in [1.807, 2.05) is 0 Å². The number of esters is 1. The van der Waals surface area contributed by atoms with Crippen LogP contribution in [0, 0.1) is 0 Å². The second-order valence-electron chi connectivity index (χ2n) is 22.1. The van der Waals surface area contributed by atoms with Crippen LogP contribution in [0.25, 0.3) is 0 Å². The van der Waals surface area contributed by atoms with Gasteiger partial charge < -0.3 is 20.3 Å². The van der Waals surface area contributed by atoms with Gasteiger partial charge in [0, 0.05) is 12.8 Å². The fourth-order valence-electron chi connectivity index (χ4n) is 10.0. The predicted molar refractivity (Wildman–Crippen MR) is 310 cm³/mol. The van der Waals surface area contributed by atoms with Crippen LogP contribution in [0.5, 0.6) is 0 Å². The number of aliphatic hydroxyl groups is 2. The monoisotopic (exact) mass is 1000 g/mol. The molecule has 0 aromatic carbocycles. The Morgan fingerprint density at radius 1 is 0.380 bits per heavy atom. The average molecular weight is 1000 g/mol. The minimum Gasteiger partial charge on any atom is -0.466 e.